The summed E-state index contributed by atoms with van der Waals surface area (Å²) in [5.41, 5.74) is 6.59. The molecule has 40 heavy (non-hydrogen) atoms. The quantitative estimate of drug-likeness (QED) is 0.378. The van der Waals surface area contributed by atoms with E-state index in [0.29, 0.717) is 28.8 Å². The lowest BCUT2D eigenvalue weighted by atomic mass is 9.93. The van der Waals surface area contributed by atoms with Gasteiger partial charge < -0.3 is 15.4 Å². The summed E-state index contributed by atoms with van der Waals surface area (Å²) in [6, 6.07) is 10.7. The first-order valence-corrected chi connectivity index (χ1v) is 14.1. The number of imide groups is 1. The van der Waals surface area contributed by atoms with Crippen molar-refractivity contribution in [2.45, 2.75) is 23.7 Å². The second-order valence-electron chi connectivity index (χ2n) is 9.63. The summed E-state index contributed by atoms with van der Waals surface area (Å²) in [4.78, 5) is 49.7. The number of hydrogen-bond acceptors (Lipinski definition) is 8. The van der Waals surface area contributed by atoms with Gasteiger partial charge in [0.1, 0.15) is 11.3 Å². The van der Waals surface area contributed by atoms with Gasteiger partial charge in [-0.2, -0.15) is 9.40 Å². The highest BCUT2D eigenvalue weighted by Crippen LogP contribution is 2.34. The molecule has 2 aromatic carbocycles. The van der Waals surface area contributed by atoms with Crippen LogP contribution in [0.2, 0.25) is 0 Å². The molecular weight excluding hydrogens is 540 g/mol. The maximum atomic E-state index is 13.0. The van der Waals surface area contributed by atoms with Crippen molar-refractivity contribution >= 4 is 44.6 Å². The number of ether oxygens (including phenoxy) is 1. The van der Waals surface area contributed by atoms with Crippen LogP contribution in [0.5, 0.6) is 5.75 Å². The van der Waals surface area contributed by atoms with Crippen LogP contribution in [0.25, 0.3) is 10.9 Å². The molecule has 3 aromatic rings. The van der Waals surface area contributed by atoms with Crippen molar-refractivity contribution in [1.29, 1.82) is 0 Å². The summed E-state index contributed by atoms with van der Waals surface area (Å²) in [5, 5.41) is 7.57. The number of carbonyl (C=O) groups is 4. The Bertz CT molecular complexity index is 1610. The molecule has 5 rings (SSSR count). The largest absolute Gasteiger partial charge is 0.481 e. The molecule has 0 spiro atoms. The van der Waals surface area contributed by atoms with Crippen LogP contribution in [0.4, 0.5) is 0 Å². The molecule has 3 heterocycles. The van der Waals surface area contributed by atoms with Crippen molar-refractivity contribution in [3.63, 3.8) is 0 Å². The van der Waals surface area contributed by atoms with Crippen molar-refractivity contribution < 1.29 is 32.3 Å². The molecule has 2 aliphatic rings. The van der Waals surface area contributed by atoms with Gasteiger partial charge in [0.05, 0.1) is 16.5 Å². The summed E-state index contributed by atoms with van der Waals surface area (Å²) in [6.07, 6.45) is 0.593. The molecule has 2 fully saturated rings. The number of nitrogens with zero attached hydrogens (tertiary/aromatic N) is 4. The molecular formula is C26H28N6O7S. The number of nitrogens with two attached hydrogens (primary N) is 1. The standard InChI is InChI=1S/C26H28N6O7S/c1-30-24-18(23(29-30)19-9-10-21(33)28-26(19)36)3-2-4-20(24)39-15-22(34)31-11-13-32(14-12-31)40(37,38)17-7-5-16(6-8-17)25(27)35/h2-8,19H,9-15H2,1H3,(H2,27,35)(H,28,33,36). The number of nitrogens with one attached hydrogen (secondary N) is 1. The van der Waals surface area contributed by atoms with Gasteiger partial charge in [-0.25, -0.2) is 8.42 Å². The average molecular weight is 569 g/mol. The second-order valence-corrected chi connectivity index (χ2v) is 11.6. The Labute approximate surface area is 229 Å². The number of hydrogen-bond donors (Lipinski definition) is 2. The van der Waals surface area contributed by atoms with Gasteiger partial charge >= 0.3 is 0 Å². The summed E-state index contributed by atoms with van der Waals surface area (Å²) in [7, 11) is -2.08. The van der Waals surface area contributed by atoms with E-state index in [1.54, 1.807) is 28.8 Å². The highest BCUT2D eigenvalue weighted by molar-refractivity contribution is 7.89. The Kier molecular flexibility index (Phi) is 7.29. The molecule has 0 saturated carbocycles. The van der Waals surface area contributed by atoms with Crippen LogP contribution >= 0.6 is 0 Å². The first-order chi connectivity index (χ1) is 19.1. The smallest absolute Gasteiger partial charge is 0.260 e. The van der Waals surface area contributed by atoms with Gasteiger partial charge in [-0.3, -0.25) is 29.2 Å². The molecule has 1 atom stereocenters. The number of carbonyl (C=O) groups excluding carboxylic acids is 4. The van der Waals surface area contributed by atoms with Gasteiger partial charge in [0.15, 0.2) is 6.61 Å². The number of sulfonamides is 1. The van der Waals surface area contributed by atoms with E-state index in [0.717, 1.165) is 0 Å². The Hall–Kier alpha value is -4.30. The first-order valence-electron chi connectivity index (χ1n) is 12.7. The van der Waals surface area contributed by atoms with Crippen LogP contribution in [-0.4, -0.2) is 83.8 Å². The monoisotopic (exact) mass is 568 g/mol. The number of rotatable bonds is 7. The van der Waals surface area contributed by atoms with E-state index in [1.807, 2.05) is 6.07 Å². The van der Waals surface area contributed by atoms with E-state index in [2.05, 4.69) is 10.4 Å². The SMILES string of the molecule is Cn1nc(C2CCC(=O)NC2=O)c2cccc(OCC(=O)N3CCN(S(=O)(=O)c4ccc(C(N)=O)cc4)CC3)c21. The second kappa shape index (κ2) is 10.7. The third-order valence-corrected chi connectivity index (χ3v) is 9.06. The molecule has 2 aliphatic heterocycles. The Morgan fingerprint density at radius 3 is 2.42 bits per heavy atom. The molecule has 0 radical (unpaired) electrons. The van der Waals surface area contributed by atoms with Crippen LogP contribution in [0.1, 0.15) is 34.8 Å². The van der Waals surface area contributed by atoms with Crippen molar-refractivity contribution in [3.05, 3.63) is 53.7 Å². The van der Waals surface area contributed by atoms with Crippen LogP contribution in [0, 0.1) is 0 Å². The summed E-state index contributed by atoms with van der Waals surface area (Å²) >= 11 is 0. The van der Waals surface area contributed by atoms with Crippen LogP contribution < -0.4 is 15.8 Å². The zero-order valence-electron chi connectivity index (χ0n) is 21.7. The molecule has 0 bridgehead atoms. The molecule has 1 aromatic heterocycles. The van der Waals surface area contributed by atoms with Crippen LogP contribution in [0.15, 0.2) is 47.4 Å². The Morgan fingerprint density at radius 2 is 1.77 bits per heavy atom. The first kappa shape index (κ1) is 27.3. The van der Waals surface area contributed by atoms with E-state index in [4.69, 9.17) is 10.5 Å². The fraction of sp³-hybridized carbons (Fsp3) is 0.346. The number of aromatic nitrogens is 2. The number of amides is 4. The number of benzene rings is 2. The fourth-order valence-electron chi connectivity index (χ4n) is 5.01. The molecule has 210 valence electrons. The number of para-hydroxylation sites is 1. The average Bonchev–Trinajstić information content (AvgIpc) is 3.28. The van der Waals surface area contributed by atoms with E-state index in [1.165, 1.54) is 28.6 Å². The highest BCUT2D eigenvalue weighted by atomic mass is 32.2. The highest BCUT2D eigenvalue weighted by Gasteiger charge is 2.33. The zero-order chi connectivity index (χ0) is 28.6. The number of primary amides is 1. The number of piperazine rings is 1. The number of fused-ring (bicyclic) bond motifs is 1. The van der Waals surface area contributed by atoms with Gasteiger partial charge in [-0.1, -0.05) is 12.1 Å². The van der Waals surface area contributed by atoms with Gasteiger partial charge in [0, 0.05) is 50.6 Å². The van der Waals surface area contributed by atoms with Crippen LogP contribution in [-0.2, 0) is 31.5 Å². The summed E-state index contributed by atoms with van der Waals surface area (Å²) in [5.74, 6) is -1.78. The van der Waals surface area contributed by atoms with Gasteiger partial charge in [-0.15, -0.1) is 0 Å². The maximum Gasteiger partial charge on any atom is 0.260 e. The molecule has 4 amide bonds. The predicted molar refractivity (Wildman–Crippen MR) is 142 cm³/mol. The summed E-state index contributed by atoms with van der Waals surface area (Å²) in [6.45, 7) is 0.336. The molecule has 1 unspecified atom stereocenters. The minimum Gasteiger partial charge on any atom is -0.481 e. The van der Waals surface area contributed by atoms with Gasteiger partial charge in [0.25, 0.3) is 5.91 Å². The third-order valence-electron chi connectivity index (χ3n) is 7.14. The van der Waals surface area contributed by atoms with Crippen molar-refractivity contribution in [2.24, 2.45) is 12.8 Å². The molecule has 0 aliphatic carbocycles. The fourth-order valence-corrected chi connectivity index (χ4v) is 6.43. The topological polar surface area (TPSA) is 174 Å². The normalized spacial score (nSPS) is 18.5. The lowest BCUT2D eigenvalue weighted by Crippen LogP contribution is -2.51. The van der Waals surface area contributed by atoms with E-state index < -0.39 is 21.8 Å². The molecule has 2 saturated heterocycles. The predicted octanol–water partition coefficient (Wildman–Crippen LogP) is 0.104. The zero-order valence-corrected chi connectivity index (χ0v) is 22.5. The Balaban J connectivity index is 1.22. The van der Waals surface area contributed by atoms with Crippen LogP contribution in [0.3, 0.4) is 0 Å². The maximum absolute atomic E-state index is 13.0. The van der Waals surface area contributed by atoms with Crippen molar-refractivity contribution in [3.8, 4) is 5.75 Å². The third kappa shape index (κ3) is 5.14. The number of aryl methyl sites for hydroxylation is 1. The van der Waals surface area contributed by atoms with E-state index >= 15 is 0 Å². The molecule has 3 N–H and O–H groups in total. The van der Waals surface area contributed by atoms with E-state index in [-0.39, 0.29) is 67.4 Å². The number of piperidine rings is 1. The van der Waals surface area contributed by atoms with Crippen molar-refractivity contribution in [2.75, 3.05) is 32.8 Å². The lowest BCUT2D eigenvalue weighted by Gasteiger charge is -2.34. The molecule has 13 nitrogen and oxygen atoms in total. The van der Waals surface area contributed by atoms with Gasteiger partial charge in [0.2, 0.25) is 27.7 Å². The lowest BCUT2D eigenvalue weighted by molar-refractivity contribution is -0.135. The van der Waals surface area contributed by atoms with Gasteiger partial charge in [-0.05, 0) is 36.8 Å². The Morgan fingerprint density at radius 1 is 1.07 bits per heavy atom. The van der Waals surface area contributed by atoms with Crippen molar-refractivity contribution in [1.82, 2.24) is 24.3 Å². The minimum atomic E-state index is -3.80. The van der Waals surface area contributed by atoms with E-state index in [9.17, 15) is 27.6 Å². The minimum absolute atomic E-state index is 0.0431. The summed E-state index contributed by atoms with van der Waals surface area (Å²) < 4.78 is 34.8. The molecule has 14 heteroatoms.